The van der Waals surface area contributed by atoms with E-state index in [0.717, 1.165) is 0 Å². The highest BCUT2D eigenvalue weighted by molar-refractivity contribution is 5.92. The van der Waals surface area contributed by atoms with Crippen LogP contribution in [0.5, 0.6) is 0 Å². The summed E-state index contributed by atoms with van der Waals surface area (Å²) in [5.74, 6) is -1.59. The Morgan fingerprint density at radius 1 is 1.47 bits per heavy atom. The molecular formula is C11H10FN3O2. The molecule has 2 aromatic rings. The fraction of sp³-hybridized carbons (Fsp3) is 0.0909. The standard InChI is InChI=1S/C11H10FN3O2/c12-9-4-2-1-3-7(9)5-15-6-8(11(16)17)10(13)14-15/h1-4,6H,5H2,(H2,13,14)(H,16,17). The third-order valence-corrected chi connectivity index (χ3v) is 2.31. The van der Waals surface area contributed by atoms with Crippen molar-refractivity contribution in [1.29, 1.82) is 0 Å². The number of aromatic carboxylic acids is 1. The van der Waals surface area contributed by atoms with Crippen molar-refractivity contribution < 1.29 is 14.3 Å². The first-order valence-corrected chi connectivity index (χ1v) is 4.87. The molecule has 0 radical (unpaired) electrons. The van der Waals surface area contributed by atoms with E-state index in [4.69, 9.17) is 10.8 Å². The van der Waals surface area contributed by atoms with E-state index in [1.54, 1.807) is 18.2 Å². The summed E-state index contributed by atoms with van der Waals surface area (Å²) >= 11 is 0. The SMILES string of the molecule is Nc1nn(Cc2ccccc2F)cc1C(=O)O. The Kier molecular flexibility index (Phi) is 2.78. The number of nitrogens with zero attached hydrogens (tertiary/aromatic N) is 2. The fourth-order valence-electron chi connectivity index (χ4n) is 1.48. The number of carbonyl (C=O) groups is 1. The molecule has 2 rings (SSSR count). The summed E-state index contributed by atoms with van der Waals surface area (Å²) < 4.78 is 14.7. The van der Waals surface area contributed by atoms with Crippen LogP contribution in [0.1, 0.15) is 15.9 Å². The zero-order chi connectivity index (χ0) is 12.4. The molecule has 0 aliphatic rings. The largest absolute Gasteiger partial charge is 0.477 e. The number of rotatable bonds is 3. The molecule has 0 spiro atoms. The van der Waals surface area contributed by atoms with Crippen molar-refractivity contribution in [1.82, 2.24) is 9.78 Å². The third-order valence-electron chi connectivity index (χ3n) is 2.31. The normalized spacial score (nSPS) is 10.4. The van der Waals surface area contributed by atoms with Gasteiger partial charge in [0.2, 0.25) is 0 Å². The Balaban J connectivity index is 2.28. The molecular weight excluding hydrogens is 225 g/mol. The lowest BCUT2D eigenvalue weighted by Crippen LogP contribution is -2.02. The second kappa shape index (κ2) is 4.25. The van der Waals surface area contributed by atoms with Crippen LogP contribution in [-0.4, -0.2) is 20.9 Å². The number of carboxylic acid groups (broad SMARTS) is 1. The second-order valence-electron chi connectivity index (χ2n) is 3.52. The molecule has 5 nitrogen and oxygen atoms in total. The van der Waals surface area contributed by atoms with Crippen LogP contribution in [-0.2, 0) is 6.54 Å². The molecule has 1 aromatic heterocycles. The monoisotopic (exact) mass is 235 g/mol. The third kappa shape index (κ3) is 2.25. The van der Waals surface area contributed by atoms with Crippen molar-refractivity contribution >= 4 is 11.8 Å². The summed E-state index contributed by atoms with van der Waals surface area (Å²) in [6.07, 6.45) is 1.28. The minimum Gasteiger partial charge on any atom is -0.477 e. The number of hydrogen-bond donors (Lipinski definition) is 2. The van der Waals surface area contributed by atoms with Gasteiger partial charge in [0.1, 0.15) is 11.4 Å². The Bertz CT molecular complexity index is 566. The highest BCUT2D eigenvalue weighted by Gasteiger charge is 2.13. The molecule has 0 aliphatic carbocycles. The van der Waals surface area contributed by atoms with Crippen LogP contribution < -0.4 is 5.73 Å². The smallest absolute Gasteiger partial charge is 0.341 e. The highest BCUT2D eigenvalue weighted by Crippen LogP contribution is 2.12. The van der Waals surface area contributed by atoms with Gasteiger partial charge in [0.25, 0.3) is 0 Å². The van der Waals surface area contributed by atoms with Crippen molar-refractivity contribution in [2.45, 2.75) is 6.54 Å². The lowest BCUT2D eigenvalue weighted by atomic mass is 10.2. The molecule has 0 amide bonds. The fourth-order valence-corrected chi connectivity index (χ4v) is 1.48. The molecule has 1 heterocycles. The second-order valence-corrected chi connectivity index (χ2v) is 3.52. The zero-order valence-corrected chi connectivity index (χ0v) is 8.80. The van der Waals surface area contributed by atoms with E-state index < -0.39 is 5.97 Å². The Hall–Kier alpha value is -2.37. The molecule has 88 valence electrons. The first-order valence-electron chi connectivity index (χ1n) is 4.87. The van der Waals surface area contributed by atoms with Gasteiger partial charge in [-0.15, -0.1) is 0 Å². The number of nitrogens with two attached hydrogens (primary N) is 1. The van der Waals surface area contributed by atoms with Gasteiger partial charge in [0.05, 0.1) is 6.54 Å². The predicted molar refractivity (Wildman–Crippen MR) is 59.1 cm³/mol. The van der Waals surface area contributed by atoms with Crippen LogP contribution in [0.4, 0.5) is 10.2 Å². The lowest BCUT2D eigenvalue weighted by molar-refractivity contribution is 0.0698. The van der Waals surface area contributed by atoms with Gasteiger partial charge in [-0.05, 0) is 6.07 Å². The van der Waals surface area contributed by atoms with Gasteiger partial charge in [-0.1, -0.05) is 18.2 Å². The van der Waals surface area contributed by atoms with E-state index in [1.807, 2.05) is 0 Å². The van der Waals surface area contributed by atoms with Gasteiger partial charge in [-0.3, -0.25) is 4.68 Å². The van der Waals surface area contributed by atoms with Crippen LogP contribution in [0.15, 0.2) is 30.5 Å². The molecule has 0 atom stereocenters. The summed E-state index contributed by atoms with van der Waals surface area (Å²) in [6, 6.07) is 6.22. The lowest BCUT2D eigenvalue weighted by Gasteiger charge is -2.02. The molecule has 6 heteroatoms. The number of halogens is 1. The topological polar surface area (TPSA) is 81.1 Å². The van der Waals surface area contributed by atoms with E-state index in [9.17, 15) is 9.18 Å². The van der Waals surface area contributed by atoms with Gasteiger partial charge >= 0.3 is 5.97 Å². The van der Waals surface area contributed by atoms with Crippen molar-refractivity contribution in [2.24, 2.45) is 0 Å². The van der Waals surface area contributed by atoms with Crippen LogP contribution in [0.25, 0.3) is 0 Å². The molecule has 3 N–H and O–H groups in total. The van der Waals surface area contributed by atoms with Gasteiger partial charge in [0, 0.05) is 11.8 Å². The number of hydrogen-bond acceptors (Lipinski definition) is 3. The Labute approximate surface area is 96.3 Å². The molecule has 17 heavy (non-hydrogen) atoms. The maximum atomic E-state index is 13.4. The Morgan fingerprint density at radius 3 is 2.76 bits per heavy atom. The number of nitrogen functional groups attached to an aromatic ring is 1. The first kappa shape index (κ1) is 11.1. The van der Waals surface area contributed by atoms with Gasteiger partial charge in [-0.25, -0.2) is 9.18 Å². The maximum absolute atomic E-state index is 13.4. The minimum atomic E-state index is -1.15. The number of benzene rings is 1. The van der Waals surface area contributed by atoms with Crippen molar-refractivity contribution in [3.8, 4) is 0 Å². The van der Waals surface area contributed by atoms with Crippen molar-refractivity contribution in [2.75, 3.05) is 5.73 Å². The summed E-state index contributed by atoms with van der Waals surface area (Å²) in [5, 5.41) is 12.6. The quantitative estimate of drug-likeness (QED) is 0.841. The van der Waals surface area contributed by atoms with Gasteiger partial charge in [0.15, 0.2) is 5.82 Å². The molecule has 1 aromatic carbocycles. The predicted octanol–water partition coefficient (Wildman–Crippen LogP) is 1.35. The van der Waals surface area contributed by atoms with E-state index in [0.29, 0.717) is 5.56 Å². The van der Waals surface area contributed by atoms with Crippen LogP contribution >= 0.6 is 0 Å². The van der Waals surface area contributed by atoms with Crippen molar-refractivity contribution in [3.63, 3.8) is 0 Å². The summed E-state index contributed by atoms with van der Waals surface area (Å²) in [6.45, 7) is 0.143. The summed E-state index contributed by atoms with van der Waals surface area (Å²) in [4.78, 5) is 10.7. The average Bonchev–Trinajstić information content (AvgIpc) is 2.63. The maximum Gasteiger partial charge on any atom is 0.341 e. The Morgan fingerprint density at radius 2 is 2.18 bits per heavy atom. The minimum absolute atomic E-state index is 0.0751. The van der Waals surface area contributed by atoms with E-state index >= 15 is 0 Å². The van der Waals surface area contributed by atoms with Gasteiger partial charge in [-0.2, -0.15) is 5.10 Å². The van der Waals surface area contributed by atoms with Crippen LogP contribution in [0.3, 0.4) is 0 Å². The average molecular weight is 235 g/mol. The molecule has 0 saturated heterocycles. The molecule has 0 unspecified atom stereocenters. The highest BCUT2D eigenvalue weighted by atomic mass is 19.1. The van der Waals surface area contributed by atoms with Crippen molar-refractivity contribution in [3.05, 3.63) is 47.4 Å². The zero-order valence-electron chi connectivity index (χ0n) is 8.80. The summed E-state index contributed by atoms with van der Waals surface area (Å²) in [5.41, 5.74) is 5.77. The molecule has 0 aliphatic heterocycles. The first-order chi connectivity index (χ1) is 8.08. The van der Waals surface area contributed by atoms with Crippen LogP contribution in [0, 0.1) is 5.82 Å². The summed E-state index contributed by atoms with van der Waals surface area (Å²) in [7, 11) is 0. The van der Waals surface area contributed by atoms with E-state index in [2.05, 4.69) is 5.10 Å². The number of carboxylic acids is 1. The van der Waals surface area contributed by atoms with Crippen LogP contribution in [0.2, 0.25) is 0 Å². The van der Waals surface area contributed by atoms with Gasteiger partial charge < -0.3 is 10.8 Å². The number of aromatic nitrogens is 2. The van der Waals surface area contributed by atoms with E-state index in [-0.39, 0.29) is 23.7 Å². The van der Waals surface area contributed by atoms with E-state index in [1.165, 1.54) is 16.9 Å². The molecule has 0 bridgehead atoms. The molecule has 0 fully saturated rings. The molecule has 0 saturated carbocycles. The number of anilines is 1.